The van der Waals surface area contributed by atoms with Crippen LogP contribution < -0.4 is 0 Å². The molecular formula is C28H31NO6. The number of para-hydroxylation sites is 1. The van der Waals surface area contributed by atoms with Gasteiger partial charge in [0.1, 0.15) is 5.60 Å². The van der Waals surface area contributed by atoms with E-state index in [4.69, 9.17) is 18.9 Å². The highest BCUT2D eigenvalue weighted by Crippen LogP contribution is 2.74. The molecule has 3 aliphatic carbocycles. The standard InChI is InChI=1S/C28H29NO6.H2/c1-24(2)22-18(30)13-19-27(33-22,35-24)10-9-25(3)26(4)14(12-20-28(19,25)34-23(31)32-20)11-16-15-7-5-6-8-17(15)29-21(16)26;/h5-8,13-14,20,22,29H,9-12H2,1-4H3;1H/t14-,20+,22?,25-,26-,27+,28+;/m1./s1. The molecule has 2 saturated carbocycles. The van der Waals surface area contributed by atoms with E-state index in [9.17, 15) is 9.59 Å². The molecule has 0 radical (unpaired) electrons. The Morgan fingerprint density at radius 3 is 2.71 bits per heavy atom. The van der Waals surface area contributed by atoms with Gasteiger partial charge in [0.2, 0.25) is 0 Å². The van der Waals surface area contributed by atoms with Crippen molar-refractivity contribution in [3.63, 3.8) is 0 Å². The molecule has 1 aromatic carbocycles. The van der Waals surface area contributed by atoms with Crippen molar-refractivity contribution in [3.8, 4) is 0 Å². The Kier molecular flexibility index (Phi) is 3.33. The number of ether oxygens (including phenoxy) is 4. The van der Waals surface area contributed by atoms with Gasteiger partial charge in [0, 0.05) is 40.8 Å². The van der Waals surface area contributed by atoms with Gasteiger partial charge in [-0.2, -0.15) is 0 Å². The first-order chi connectivity index (χ1) is 16.6. The van der Waals surface area contributed by atoms with E-state index in [1.54, 1.807) is 6.08 Å². The van der Waals surface area contributed by atoms with Crippen molar-refractivity contribution in [2.75, 3.05) is 0 Å². The van der Waals surface area contributed by atoms with E-state index >= 15 is 0 Å². The number of aromatic nitrogens is 1. The number of aromatic amines is 1. The smallest absolute Gasteiger partial charge is 0.426 e. The van der Waals surface area contributed by atoms with Gasteiger partial charge in [0.25, 0.3) is 0 Å². The molecule has 2 spiro atoms. The van der Waals surface area contributed by atoms with Crippen molar-refractivity contribution < 1.29 is 30.0 Å². The number of benzene rings is 1. The second-order valence-corrected chi connectivity index (χ2v) is 12.3. The average molecular weight is 478 g/mol. The number of carbonyl (C=O) groups excluding carboxylic acids is 2. The normalized spacial score (nSPS) is 46.2. The molecule has 0 amide bonds. The highest BCUT2D eigenvalue weighted by molar-refractivity contribution is 5.97. The van der Waals surface area contributed by atoms with Gasteiger partial charge in [-0.15, -0.1) is 0 Å². The minimum Gasteiger partial charge on any atom is -0.426 e. The molecule has 7 nitrogen and oxygen atoms in total. The molecule has 4 heterocycles. The number of fused-ring (bicyclic) bond motifs is 7. The molecule has 1 aromatic heterocycles. The van der Waals surface area contributed by atoms with E-state index in [1.165, 1.54) is 16.6 Å². The third-order valence-corrected chi connectivity index (χ3v) is 10.7. The van der Waals surface area contributed by atoms with Gasteiger partial charge in [-0.1, -0.05) is 32.0 Å². The van der Waals surface area contributed by atoms with E-state index in [0.29, 0.717) is 24.8 Å². The lowest BCUT2D eigenvalue weighted by Crippen LogP contribution is -2.73. The first kappa shape index (κ1) is 20.5. The summed E-state index contributed by atoms with van der Waals surface area (Å²) in [5, 5.41) is 1.25. The maximum Gasteiger partial charge on any atom is 0.509 e. The van der Waals surface area contributed by atoms with Crippen LogP contribution in [0.4, 0.5) is 4.79 Å². The Hall–Kier alpha value is -2.64. The largest absolute Gasteiger partial charge is 0.509 e. The van der Waals surface area contributed by atoms with Crippen LogP contribution in [0.3, 0.4) is 0 Å². The Bertz CT molecular complexity index is 1410. The number of hydrogen-bond donors (Lipinski definition) is 1. The van der Waals surface area contributed by atoms with Gasteiger partial charge >= 0.3 is 6.16 Å². The molecule has 1 unspecified atom stereocenters. The lowest BCUT2D eigenvalue weighted by molar-refractivity contribution is -0.248. The number of ketones is 1. The maximum absolute atomic E-state index is 13.3. The topological polar surface area (TPSA) is 86.9 Å². The Balaban J connectivity index is 0.00000220. The predicted molar refractivity (Wildman–Crippen MR) is 127 cm³/mol. The molecule has 2 saturated heterocycles. The zero-order valence-corrected chi connectivity index (χ0v) is 20.4. The van der Waals surface area contributed by atoms with Crippen LogP contribution in [-0.4, -0.2) is 46.1 Å². The molecule has 2 aromatic rings. The summed E-state index contributed by atoms with van der Waals surface area (Å²) in [4.78, 5) is 29.9. The zero-order valence-electron chi connectivity index (χ0n) is 20.4. The van der Waals surface area contributed by atoms with Crippen molar-refractivity contribution >= 4 is 22.8 Å². The number of hydrogen-bond acceptors (Lipinski definition) is 6. The molecule has 2 bridgehead atoms. The highest BCUT2D eigenvalue weighted by Gasteiger charge is 2.82. The van der Waals surface area contributed by atoms with E-state index < -0.39 is 40.8 Å². The van der Waals surface area contributed by atoms with Gasteiger partial charge in [-0.25, -0.2) is 4.79 Å². The minimum absolute atomic E-state index is 0. The lowest BCUT2D eigenvalue weighted by Gasteiger charge is -2.65. The van der Waals surface area contributed by atoms with Crippen LogP contribution in [0.2, 0.25) is 0 Å². The van der Waals surface area contributed by atoms with Gasteiger partial charge < -0.3 is 23.9 Å². The monoisotopic (exact) mass is 477 g/mol. The van der Waals surface area contributed by atoms with Crippen LogP contribution in [0, 0.1) is 11.3 Å². The van der Waals surface area contributed by atoms with E-state index in [-0.39, 0.29) is 18.5 Å². The van der Waals surface area contributed by atoms with Gasteiger partial charge in [-0.3, -0.25) is 4.79 Å². The minimum atomic E-state index is -1.15. The van der Waals surface area contributed by atoms with Crippen molar-refractivity contribution in [1.29, 1.82) is 0 Å². The van der Waals surface area contributed by atoms with Crippen molar-refractivity contribution in [2.45, 2.75) is 88.0 Å². The molecule has 35 heavy (non-hydrogen) atoms. The lowest BCUT2D eigenvalue weighted by atomic mass is 9.41. The number of nitrogens with one attached hydrogen (secondary N) is 1. The van der Waals surface area contributed by atoms with Crippen LogP contribution in [0.25, 0.3) is 10.9 Å². The van der Waals surface area contributed by atoms with E-state index in [0.717, 1.165) is 11.9 Å². The van der Waals surface area contributed by atoms with Gasteiger partial charge in [0.05, 0.1) is 0 Å². The first-order valence-corrected chi connectivity index (χ1v) is 12.7. The molecule has 3 aliphatic heterocycles. The highest BCUT2D eigenvalue weighted by atomic mass is 16.8. The summed E-state index contributed by atoms with van der Waals surface area (Å²) in [6, 6.07) is 8.44. The molecular weight excluding hydrogens is 446 g/mol. The molecule has 6 aliphatic rings. The van der Waals surface area contributed by atoms with Crippen LogP contribution in [0.1, 0.15) is 59.6 Å². The molecule has 4 fully saturated rings. The molecule has 184 valence electrons. The summed E-state index contributed by atoms with van der Waals surface area (Å²) < 4.78 is 25.2. The SMILES string of the molecule is CC1(C)O[C@@]23CC[C@]4(C)[C@@]5(C)c6[nH]c7ccccc7c6C[C@@H]5C[C@@H]5OC(=O)O[C@@]54C2=CC(=O)C1O3.[HH]. The molecule has 7 heteroatoms. The summed E-state index contributed by atoms with van der Waals surface area (Å²) in [7, 11) is 0. The molecule has 7 atom stereocenters. The van der Waals surface area contributed by atoms with Crippen LogP contribution >= 0.6 is 0 Å². The second-order valence-electron chi connectivity index (χ2n) is 12.3. The fourth-order valence-corrected chi connectivity index (χ4v) is 9.00. The van der Waals surface area contributed by atoms with Crippen LogP contribution in [0.15, 0.2) is 35.9 Å². The molecule has 8 rings (SSSR count). The maximum atomic E-state index is 13.3. The second kappa shape index (κ2) is 5.68. The van der Waals surface area contributed by atoms with Crippen LogP contribution in [-0.2, 0) is 35.6 Å². The summed E-state index contributed by atoms with van der Waals surface area (Å²) in [6.07, 6.45) is 2.69. The van der Waals surface area contributed by atoms with Crippen molar-refractivity contribution in [1.82, 2.24) is 4.98 Å². The van der Waals surface area contributed by atoms with Crippen LogP contribution in [0.5, 0.6) is 0 Å². The van der Waals surface area contributed by atoms with Crippen molar-refractivity contribution in [3.05, 3.63) is 47.2 Å². The van der Waals surface area contributed by atoms with E-state index in [1.807, 2.05) is 13.8 Å². The summed E-state index contributed by atoms with van der Waals surface area (Å²) in [5.74, 6) is -0.947. The Morgan fingerprint density at radius 2 is 1.89 bits per heavy atom. The summed E-state index contributed by atoms with van der Waals surface area (Å²) >= 11 is 0. The fraction of sp³-hybridized carbons (Fsp3) is 0.571. The molecule has 1 N–H and O–H groups in total. The third-order valence-electron chi connectivity index (χ3n) is 10.7. The average Bonchev–Trinajstić information content (AvgIpc) is 3.48. The summed E-state index contributed by atoms with van der Waals surface area (Å²) in [6.45, 7) is 8.33. The predicted octanol–water partition coefficient (Wildman–Crippen LogP) is 4.72. The van der Waals surface area contributed by atoms with Gasteiger partial charge in [0.15, 0.2) is 29.4 Å². The zero-order chi connectivity index (χ0) is 24.2. The Morgan fingerprint density at radius 1 is 1.09 bits per heavy atom. The Labute approximate surface area is 204 Å². The third kappa shape index (κ3) is 1.96. The van der Waals surface area contributed by atoms with E-state index in [2.05, 4.69) is 43.1 Å². The van der Waals surface area contributed by atoms with Crippen molar-refractivity contribution in [2.24, 2.45) is 11.3 Å². The summed E-state index contributed by atoms with van der Waals surface area (Å²) in [5.41, 5.74) is 1.54. The fourth-order valence-electron chi connectivity index (χ4n) is 9.00. The quantitative estimate of drug-likeness (QED) is 0.553. The van der Waals surface area contributed by atoms with Gasteiger partial charge in [-0.05, 0) is 56.7 Å². The number of H-pyrrole nitrogens is 1. The number of rotatable bonds is 0. The number of carbonyl (C=O) groups is 2. The first-order valence-electron chi connectivity index (χ1n) is 12.7.